The first kappa shape index (κ1) is 27.7. The van der Waals surface area contributed by atoms with Gasteiger partial charge in [0.15, 0.2) is 17.3 Å². The zero-order chi connectivity index (χ0) is 28.3. The van der Waals surface area contributed by atoms with Crippen LogP contribution in [-0.4, -0.2) is 68.6 Å². The lowest BCUT2D eigenvalue weighted by molar-refractivity contribution is 0.0562. The van der Waals surface area contributed by atoms with E-state index >= 15 is 0 Å². The minimum atomic E-state index is -0.563. The van der Waals surface area contributed by atoms with Crippen molar-refractivity contribution in [3.63, 3.8) is 0 Å². The Morgan fingerprint density at radius 2 is 2.02 bits per heavy atom. The maximum atomic E-state index is 13.9. The van der Waals surface area contributed by atoms with Gasteiger partial charge in [-0.1, -0.05) is 13.0 Å². The molecule has 0 spiro atoms. The number of aromatic amines is 1. The van der Waals surface area contributed by atoms with Crippen LogP contribution in [0.25, 0.3) is 10.9 Å². The zero-order valence-electron chi connectivity index (χ0n) is 23.8. The molecular weight excluding hydrogens is 510 g/mol. The van der Waals surface area contributed by atoms with Crippen LogP contribution in [0.5, 0.6) is 11.5 Å². The second-order valence-corrected chi connectivity index (χ2v) is 10.8. The van der Waals surface area contributed by atoms with E-state index in [1.54, 1.807) is 26.5 Å². The average Bonchev–Trinajstić information content (AvgIpc) is 3.66. The number of pyridine rings is 2. The molecule has 1 aliphatic rings. The predicted octanol–water partition coefficient (Wildman–Crippen LogP) is 3.84. The second-order valence-electron chi connectivity index (χ2n) is 10.8. The number of hydrogen-bond donors (Lipinski definition) is 1. The summed E-state index contributed by atoms with van der Waals surface area (Å²) >= 11 is 0. The fourth-order valence-electron chi connectivity index (χ4n) is 5.23. The van der Waals surface area contributed by atoms with Gasteiger partial charge in [0.25, 0.3) is 5.56 Å². The number of hydrogen-bond acceptors (Lipinski definition) is 9. The third-order valence-corrected chi connectivity index (χ3v) is 7.78. The topological polar surface area (TPSA) is 120 Å². The summed E-state index contributed by atoms with van der Waals surface area (Å²) in [6, 6.07) is 8.94. The van der Waals surface area contributed by atoms with Gasteiger partial charge in [0.1, 0.15) is 6.04 Å². The Labute approximate surface area is 233 Å². The molecule has 0 unspecified atom stereocenters. The number of tetrazole rings is 1. The van der Waals surface area contributed by atoms with Gasteiger partial charge in [0, 0.05) is 49.1 Å². The molecular formula is C29H37N7O4. The van der Waals surface area contributed by atoms with Crippen LogP contribution in [0.4, 0.5) is 0 Å². The summed E-state index contributed by atoms with van der Waals surface area (Å²) in [5.74, 6) is 1.72. The molecule has 1 aromatic carbocycles. The van der Waals surface area contributed by atoms with E-state index in [9.17, 15) is 4.79 Å². The van der Waals surface area contributed by atoms with Crippen LogP contribution in [0.1, 0.15) is 63.0 Å². The van der Waals surface area contributed by atoms with Crippen LogP contribution in [-0.2, 0) is 16.8 Å². The molecule has 11 nitrogen and oxygen atoms in total. The Kier molecular flexibility index (Phi) is 8.13. The van der Waals surface area contributed by atoms with Crippen LogP contribution in [0.15, 0.2) is 47.5 Å². The minimum absolute atomic E-state index is 0.0339. The number of H-pyrrole nitrogens is 1. The molecule has 5 rings (SSSR count). The quantitative estimate of drug-likeness (QED) is 0.299. The number of aromatic nitrogens is 6. The molecule has 4 aromatic rings. The van der Waals surface area contributed by atoms with Gasteiger partial charge in [-0.2, -0.15) is 0 Å². The lowest BCUT2D eigenvalue weighted by Gasteiger charge is -2.34. The molecule has 0 bridgehead atoms. The summed E-state index contributed by atoms with van der Waals surface area (Å²) < 4.78 is 18.9. The molecule has 40 heavy (non-hydrogen) atoms. The molecule has 0 saturated carbocycles. The molecule has 2 atom stereocenters. The number of ether oxygens (including phenoxy) is 3. The Morgan fingerprint density at radius 3 is 2.70 bits per heavy atom. The summed E-state index contributed by atoms with van der Waals surface area (Å²) in [7, 11) is 3.17. The SMILES string of the molecule is CCC(C)(C)n1nnnc1[C@@H](c1cc2cc(OC)c(OC)cc2[nH]c1=O)N(Cc1cccnc1)C[C@@H]1CCCO1. The predicted molar refractivity (Wildman–Crippen MR) is 151 cm³/mol. The molecule has 4 heterocycles. The van der Waals surface area contributed by atoms with Gasteiger partial charge in [-0.25, -0.2) is 4.68 Å². The fourth-order valence-corrected chi connectivity index (χ4v) is 5.23. The molecule has 11 heteroatoms. The van der Waals surface area contributed by atoms with Crippen molar-refractivity contribution < 1.29 is 14.2 Å². The maximum Gasteiger partial charge on any atom is 0.253 e. The van der Waals surface area contributed by atoms with Crippen molar-refractivity contribution in [1.29, 1.82) is 0 Å². The van der Waals surface area contributed by atoms with E-state index < -0.39 is 6.04 Å². The molecule has 3 aromatic heterocycles. The van der Waals surface area contributed by atoms with E-state index in [1.807, 2.05) is 35.1 Å². The van der Waals surface area contributed by atoms with E-state index in [-0.39, 0.29) is 17.2 Å². The first-order valence-corrected chi connectivity index (χ1v) is 13.7. The van der Waals surface area contributed by atoms with Gasteiger partial charge < -0.3 is 19.2 Å². The summed E-state index contributed by atoms with van der Waals surface area (Å²) in [6.07, 6.45) is 6.40. The first-order chi connectivity index (χ1) is 19.3. The van der Waals surface area contributed by atoms with Crippen molar-refractivity contribution in [2.75, 3.05) is 27.4 Å². The summed E-state index contributed by atoms with van der Waals surface area (Å²) in [5, 5.41) is 13.8. The van der Waals surface area contributed by atoms with Gasteiger partial charge in [-0.15, -0.1) is 5.10 Å². The van der Waals surface area contributed by atoms with Crippen molar-refractivity contribution in [2.24, 2.45) is 0 Å². The average molecular weight is 548 g/mol. The van der Waals surface area contributed by atoms with Crippen LogP contribution in [0.2, 0.25) is 0 Å². The number of fused-ring (bicyclic) bond motifs is 1. The molecule has 212 valence electrons. The second kappa shape index (κ2) is 11.7. The van der Waals surface area contributed by atoms with Gasteiger partial charge in [-0.05, 0) is 67.3 Å². The van der Waals surface area contributed by atoms with E-state index in [1.165, 1.54) is 0 Å². The monoisotopic (exact) mass is 547 g/mol. The van der Waals surface area contributed by atoms with E-state index in [2.05, 4.69) is 51.2 Å². The highest BCUT2D eigenvalue weighted by molar-refractivity contribution is 5.83. The summed E-state index contributed by atoms with van der Waals surface area (Å²) in [5.41, 5.74) is 1.60. The van der Waals surface area contributed by atoms with Crippen molar-refractivity contribution in [1.82, 2.24) is 35.1 Å². The highest BCUT2D eigenvalue weighted by Crippen LogP contribution is 2.35. The Hall–Kier alpha value is -3.83. The lowest BCUT2D eigenvalue weighted by atomic mass is 9.98. The molecule has 1 saturated heterocycles. The third-order valence-electron chi connectivity index (χ3n) is 7.78. The maximum absolute atomic E-state index is 13.9. The van der Waals surface area contributed by atoms with Crippen LogP contribution in [0, 0.1) is 0 Å². The number of benzene rings is 1. The minimum Gasteiger partial charge on any atom is -0.493 e. The van der Waals surface area contributed by atoms with E-state index in [0.29, 0.717) is 41.5 Å². The first-order valence-electron chi connectivity index (χ1n) is 13.7. The van der Waals surface area contributed by atoms with Crippen LogP contribution < -0.4 is 15.0 Å². The molecule has 1 N–H and O–H groups in total. The van der Waals surface area contributed by atoms with Gasteiger partial charge in [-0.3, -0.25) is 14.7 Å². The van der Waals surface area contributed by atoms with Crippen molar-refractivity contribution >= 4 is 10.9 Å². The molecule has 0 amide bonds. The number of methoxy groups -OCH3 is 2. The van der Waals surface area contributed by atoms with Gasteiger partial charge in [0.05, 0.1) is 31.4 Å². The molecule has 1 fully saturated rings. The van der Waals surface area contributed by atoms with Crippen molar-refractivity contribution in [2.45, 2.75) is 64.3 Å². The fraction of sp³-hybridized carbons (Fsp3) is 0.483. The van der Waals surface area contributed by atoms with Gasteiger partial charge >= 0.3 is 0 Å². The van der Waals surface area contributed by atoms with Crippen molar-refractivity contribution in [3.8, 4) is 11.5 Å². The lowest BCUT2D eigenvalue weighted by Crippen LogP contribution is -2.41. The van der Waals surface area contributed by atoms with Crippen LogP contribution in [0.3, 0.4) is 0 Å². The third kappa shape index (κ3) is 5.57. The normalized spacial score (nSPS) is 16.5. The van der Waals surface area contributed by atoms with E-state index in [4.69, 9.17) is 14.2 Å². The molecule has 0 radical (unpaired) electrons. The smallest absolute Gasteiger partial charge is 0.253 e. The molecule has 0 aliphatic carbocycles. The number of rotatable bonds is 11. The van der Waals surface area contributed by atoms with E-state index in [0.717, 1.165) is 36.8 Å². The zero-order valence-corrected chi connectivity index (χ0v) is 23.8. The number of nitrogens with one attached hydrogen (secondary N) is 1. The Bertz CT molecular complexity index is 1500. The highest BCUT2D eigenvalue weighted by atomic mass is 16.5. The highest BCUT2D eigenvalue weighted by Gasteiger charge is 2.36. The van der Waals surface area contributed by atoms with Crippen LogP contribution >= 0.6 is 0 Å². The largest absolute Gasteiger partial charge is 0.493 e. The van der Waals surface area contributed by atoms with Gasteiger partial charge in [0.2, 0.25) is 0 Å². The molecule has 1 aliphatic heterocycles. The Morgan fingerprint density at radius 1 is 1.23 bits per heavy atom. The summed E-state index contributed by atoms with van der Waals surface area (Å²) in [4.78, 5) is 23.5. The number of nitrogens with zero attached hydrogens (tertiary/aromatic N) is 6. The van der Waals surface area contributed by atoms with Crippen molar-refractivity contribution in [3.05, 3.63) is 70.0 Å². The Balaban J connectivity index is 1.72. The summed E-state index contributed by atoms with van der Waals surface area (Å²) in [6.45, 7) is 8.15. The standard InChI is InChI=1S/C29H37N7O4/c1-6-29(2,3)36-27(32-33-34-36)26(35(18-21-10-8-12-40-21)17-19-9-7-11-30-16-19)22-13-20-14-24(38-4)25(39-5)15-23(20)31-28(22)37/h7,9,11,13-16,21,26H,6,8,10,12,17-18H2,1-5H3,(H,31,37)/t21-,26+/m0/s1.